The average Bonchev–Trinajstić information content (AvgIpc) is 1.56. The number of furan rings is 3. The molecule has 3 heterocycles. The number of para-hydroxylation sites is 3. The maximum absolute atomic E-state index is 9.81. The zero-order valence-corrected chi connectivity index (χ0v) is 59.3. The molecule has 0 fully saturated rings. The first kappa shape index (κ1) is 35.2. The van der Waals surface area contributed by atoms with Gasteiger partial charge in [-0.2, -0.15) is 0 Å². The van der Waals surface area contributed by atoms with Crippen LogP contribution in [-0.4, -0.2) is 0 Å². The van der Waals surface area contributed by atoms with Gasteiger partial charge in [-0.1, -0.05) is 346 Å². The molecule has 20 aromatic carbocycles. The van der Waals surface area contributed by atoms with E-state index in [2.05, 4.69) is 0 Å². The van der Waals surface area contributed by atoms with Crippen molar-refractivity contribution in [2.45, 2.75) is 19.3 Å². The molecule has 3 aromatic heterocycles. The Balaban J connectivity index is 0.000000134. The molecule has 0 unspecified atom stereocenters. The number of fused-ring (bicyclic) bond motifs is 18. The Kier molecular flexibility index (Phi) is 8.28. The van der Waals surface area contributed by atoms with Gasteiger partial charge in [-0.05, 0) is 231 Å². The lowest BCUT2D eigenvalue weighted by Crippen LogP contribution is -2.14. The number of hydrogen-bond acceptors (Lipinski definition) is 3. The minimum Gasteiger partial charge on any atom is -0.456 e. The van der Waals surface area contributed by atoms with E-state index in [-0.39, 0.29) is 132 Å². The van der Waals surface area contributed by atoms with Gasteiger partial charge in [0, 0.05) is 37.7 Å². The SMILES string of the molecule is [2H]c1c([2H])c([2H])c(-c2c([2H])c([2H])c([2H])c(-c3c4c([2H])c([2H])c([2H])c([2H])c4c(-c4ccc5oc6ccccc6c5c4)c4c([2H])c([2H])c([2H])c([2H])c34)c2[2H])c([2H])c1[2H].[2H]c1c([2H])c([2H])c(-c2c3c([2H])c([2H])c([2H])c([2H])c3c(-c3ccc4oc5ccccc5c4c3)c3c([2H])c([2H])c([2H])c([2H])c23)c([2H])c1[2H].[2H]c1c([2H])c([2H])c2c(c1[2H])-c1c([2H])c(-c3c4c([2H])c([2H])c([2H])c([2H])c4c(-c4ccc5oc6ccccc6c5c4)c4c([2H])c([2H])c([2H])c([2H])c34)c([2H])c([2H])c1C2(C)C. The van der Waals surface area contributed by atoms with Gasteiger partial charge < -0.3 is 13.3 Å². The van der Waals surface area contributed by atoms with E-state index in [0.29, 0.717) is 66.2 Å². The van der Waals surface area contributed by atoms with Crippen molar-refractivity contribution >= 4 is 130 Å². The Bertz CT molecular complexity index is 10400. The summed E-state index contributed by atoms with van der Waals surface area (Å²) >= 11 is 0. The van der Waals surface area contributed by atoms with E-state index in [1.807, 2.05) is 42.5 Å². The van der Waals surface area contributed by atoms with Crippen LogP contribution in [0.1, 0.15) is 86.7 Å². The predicted octanol–water partition coefficient (Wildman–Crippen LogP) is 31.7. The molecule has 0 saturated carbocycles. The highest BCUT2D eigenvalue weighted by atomic mass is 16.3. The fraction of sp³-hybridized carbons (Fsp3) is 0.0270. The van der Waals surface area contributed by atoms with Crippen LogP contribution in [0.2, 0.25) is 0 Å². The zero-order chi connectivity index (χ0) is 115. The summed E-state index contributed by atoms with van der Waals surface area (Å²) in [7, 11) is 0. The largest absolute Gasteiger partial charge is 0.456 e. The van der Waals surface area contributed by atoms with Gasteiger partial charge in [-0.3, -0.25) is 0 Å². The highest BCUT2D eigenvalue weighted by Gasteiger charge is 2.36. The monoisotopic (exact) mass is 1500 g/mol. The smallest absolute Gasteiger partial charge is 0.135 e. The molecule has 0 N–H and O–H groups in total. The molecule has 0 spiro atoms. The van der Waals surface area contributed by atoms with Crippen LogP contribution in [0.15, 0.2) is 413 Å². The lowest BCUT2D eigenvalue weighted by atomic mass is 9.81. The third-order valence-corrected chi connectivity index (χ3v) is 20.7. The second kappa shape index (κ2) is 26.8. The second-order valence-electron chi connectivity index (χ2n) is 27.3. The predicted molar refractivity (Wildman–Crippen MR) is 482 cm³/mol. The Morgan fingerprint density at radius 2 is 0.474 bits per heavy atom. The van der Waals surface area contributed by atoms with E-state index in [9.17, 15) is 16.4 Å². The fourth-order valence-corrected chi connectivity index (χ4v) is 15.8. The van der Waals surface area contributed by atoms with E-state index in [1.165, 1.54) is 0 Å². The van der Waals surface area contributed by atoms with Crippen molar-refractivity contribution in [3.05, 3.63) is 410 Å². The maximum atomic E-state index is 9.81. The molecule has 23 aromatic rings. The molecular weight excluding hydrogens is 1380 g/mol. The molecule has 0 radical (unpaired) electrons. The standard InChI is InChI=1S/C41H28O.C38H24O.C32H20O/c1-41(2)35-17-9-7-11-27(35)33-23-25(19-21-36(33)41)39-29-13-3-5-15-31(29)40(32-16-6-4-14-30(32)39)26-20-22-38-34(24-26)28-12-8-10-18-37(28)42-38;1-2-11-25(12-3-1)26-13-10-14-27(23-26)37-30-16-4-6-18-32(30)38(33-19-7-5-17-31(33)37)28-21-22-36-34(24-28)29-15-8-9-20-35(29)39-36;1-2-10-21(11-3-1)31-24-13-4-6-15-26(24)32(27-16-7-5-14-25(27)31)22-18-19-30-28(20-22)23-12-8-9-17-29(23)33-30/h3-24H,1-2H3;1-24H;1-20H/i3D,4D,5D,6D,7D,9D,11D,13D,14D,15D,16D,17D,19D,21D,23D;1D,2D,3D,4D,5D,6D,7D,10D,11D,12D,13D,14D,16D,17D,18D,19D,23D;1D,2D,3D,4D,5D,6D,7D,10D,11D,13D,14D,15D,16D. The summed E-state index contributed by atoms with van der Waals surface area (Å²) in [5.41, 5.74) is -0.613. The first-order valence-corrected chi connectivity index (χ1v) is 35.7. The summed E-state index contributed by atoms with van der Waals surface area (Å²) < 4.78 is 417. The molecule has 0 aliphatic heterocycles. The molecule has 0 bridgehead atoms. The quantitative estimate of drug-likeness (QED) is 0.149. The van der Waals surface area contributed by atoms with Crippen LogP contribution in [0.4, 0.5) is 0 Å². The Morgan fingerprint density at radius 1 is 0.193 bits per heavy atom. The molecule has 0 saturated heterocycles. The van der Waals surface area contributed by atoms with Gasteiger partial charge in [0.15, 0.2) is 0 Å². The van der Waals surface area contributed by atoms with Crippen molar-refractivity contribution < 1.29 is 74.9 Å². The van der Waals surface area contributed by atoms with Crippen molar-refractivity contribution in [3.63, 3.8) is 0 Å². The van der Waals surface area contributed by atoms with Crippen LogP contribution in [0.5, 0.6) is 0 Å². The lowest BCUT2D eigenvalue weighted by Gasteiger charge is -2.22. The van der Waals surface area contributed by atoms with Gasteiger partial charge in [0.1, 0.15) is 33.5 Å². The summed E-state index contributed by atoms with van der Waals surface area (Å²) in [6.45, 7) is 3.28. The summed E-state index contributed by atoms with van der Waals surface area (Å²) in [6.07, 6.45) is 0. The molecule has 1 aliphatic rings. The highest BCUT2D eigenvalue weighted by molar-refractivity contribution is 6.26. The van der Waals surface area contributed by atoms with Crippen LogP contribution >= 0.6 is 0 Å². The first-order valence-electron chi connectivity index (χ1n) is 58.2. The molecule has 114 heavy (non-hydrogen) atoms. The molecule has 3 heteroatoms. The van der Waals surface area contributed by atoms with Crippen LogP contribution in [0.25, 0.3) is 219 Å². The molecular formula is C111H72O3. The summed E-state index contributed by atoms with van der Waals surface area (Å²) in [4.78, 5) is 0. The summed E-state index contributed by atoms with van der Waals surface area (Å²) in [5, 5.41) is 1.36. The minimum atomic E-state index is -1.28. The first-order chi connectivity index (χ1) is 75.0. The Labute approximate surface area is 722 Å². The van der Waals surface area contributed by atoms with Gasteiger partial charge in [0.25, 0.3) is 0 Å². The fourth-order valence-electron chi connectivity index (χ4n) is 15.8. The normalized spacial score (nSPS) is 17.9. The van der Waals surface area contributed by atoms with Gasteiger partial charge in [-0.25, -0.2) is 0 Å². The summed E-state index contributed by atoms with van der Waals surface area (Å²) in [5.74, 6) is 0. The van der Waals surface area contributed by atoms with Gasteiger partial charge in [0.05, 0.1) is 61.7 Å². The number of rotatable bonds is 7. The molecule has 24 rings (SSSR count). The van der Waals surface area contributed by atoms with Crippen molar-refractivity contribution in [2.24, 2.45) is 0 Å². The second-order valence-corrected chi connectivity index (χ2v) is 27.3. The van der Waals surface area contributed by atoms with Crippen molar-refractivity contribution in [1.29, 1.82) is 0 Å². The molecule has 3 nitrogen and oxygen atoms in total. The molecule has 534 valence electrons. The van der Waals surface area contributed by atoms with E-state index >= 15 is 0 Å². The molecule has 0 atom stereocenters. The highest BCUT2D eigenvalue weighted by Crippen LogP contribution is 2.53. The Morgan fingerprint density at radius 3 is 0.860 bits per heavy atom. The van der Waals surface area contributed by atoms with Gasteiger partial charge in [0.2, 0.25) is 0 Å². The number of hydrogen-bond donors (Lipinski definition) is 0. The van der Waals surface area contributed by atoms with Gasteiger partial charge in [-0.15, -0.1) is 0 Å². The minimum absolute atomic E-state index is 0.0166. The van der Waals surface area contributed by atoms with E-state index < -0.39 is 299 Å². The van der Waals surface area contributed by atoms with Crippen molar-refractivity contribution in [1.82, 2.24) is 0 Å². The van der Waals surface area contributed by atoms with E-state index in [0.717, 1.165) is 10.8 Å². The summed E-state index contributed by atoms with van der Waals surface area (Å²) in [6, 6.07) is 7.20. The Hall–Kier alpha value is -14.6. The van der Waals surface area contributed by atoms with Crippen LogP contribution in [-0.2, 0) is 5.41 Å². The topological polar surface area (TPSA) is 39.4 Å². The van der Waals surface area contributed by atoms with Crippen molar-refractivity contribution in [2.75, 3.05) is 0 Å². The van der Waals surface area contributed by atoms with E-state index in [1.54, 1.807) is 98.8 Å². The van der Waals surface area contributed by atoms with Crippen LogP contribution in [0.3, 0.4) is 0 Å². The van der Waals surface area contributed by atoms with Gasteiger partial charge >= 0.3 is 0 Å². The zero-order valence-electron chi connectivity index (χ0n) is 104. The molecule has 1 aliphatic carbocycles. The van der Waals surface area contributed by atoms with E-state index in [4.69, 9.17) is 58.5 Å². The third kappa shape index (κ3) is 10.8. The average molecular weight is 1500 g/mol. The molecule has 0 amide bonds. The van der Waals surface area contributed by atoms with Crippen molar-refractivity contribution in [3.8, 4) is 89.0 Å². The maximum Gasteiger partial charge on any atom is 0.135 e. The lowest BCUT2D eigenvalue weighted by molar-refractivity contribution is 0.660. The third-order valence-electron chi connectivity index (χ3n) is 20.7. The number of benzene rings is 20. The van der Waals surface area contributed by atoms with Crippen LogP contribution in [0, 0.1) is 0 Å². The van der Waals surface area contributed by atoms with Crippen LogP contribution < -0.4 is 0 Å².